The summed E-state index contributed by atoms with van der Waals surface area (Å²) in [6, 6.07) is 3.99. The van der Waals surface area contributed by atoms with Crippen molar-refractivity contribution in [3.8, 4) is 11.4 Å². The normalized spacial score (nSPS) is 14.7. The molecule has 0 amide bonds. The van der Waals surface area contributed by atoms with Crippen LogP contribution in [-0.4, -0.2) is 15.8 Å². The van der Waals surface area contributed by atoms with E-state index in [2.05, 4.69) is 20.9 Å². The third kappa shape index (κ3) is 2.47. The van der Waals surface area contributed by atoms with Gasteiger partial charge in [0.1, 0.15) is 10.4 Å². The largest absolute Gasteiger partial charge is 0.417 e. The molecule has 0 fully saturated rings. The molecule has 7 heteroatoms. The van der Waals surface area contributed by atoms with E-state index in [4.69, 9.17) is 0 Å². The number of fused-ring (bicyclic) bond motifs is 1. The zero-order chi connectivity index (χ0) is 15.9. The molecule has 0 saturated heterocycles. The van der Waals surface area contributed by atoms with Crippen LogP contribution in [0, 0.1) is 0 Å². The number of aldehydes is 1. The Morgan fingerprint density at radius 3 is 2.73 bits per heavy atom. The number of halogens is 4. The van der Waals surface area contributed by atoms with Crippen LogP contribution in [0.5, 0.6) is 0 Å². The van der Waals surface area contributed by atoms with E-state index < -0.39 is 11.7 Å². The van der Waals surface area contributed by atoms with Crippen molar-refractivity contribution in [1.82, 2.24) is 9.55 Å². The van der Waals surface area contributed by atoms with Crippen LogP contribution in [0.2, 0.25) is 0 Å². The Balaban J connectivity index is 2.28. The van der Waals surface area contributed by atoms with E-state index in [1.54, 1.807) is 0 Å². The van der Waals surface area contributed by atoms with Crippen LogP contribution >= 0.6 is 15.9 Å². The van der Waals surface area contributed by atoms with Crippen molar-refractivity contribution in [3.05, 3.63) is 39.6 Å². The lowest BCUT2D eigenvalue weighted by molar-refractivity contribution is -0.137. The minimum Gasteiger partial charge on any atom is -0.327 e. The van der Waals surface area contributed by atoms with Gasteiger partial charge in [0.25, 0.3) is 0 Å². The first-order chi connectivity index (χ1) is 10.4. The standard InChI is InChI=1S/C15H12BrF3N2O/c16-13-11-6-1-2-7-21(11)14(20-13)10-5-3-4-9(8-22)12(10)15(17,18)19/h3-5,8H,1-2,6-7H2. The quantitative estimate of drug-likeness (QED) is 0.728. The van der Waals surface area contributed by atoms with Crippen LogP contribution in [0.15, 0.2) is 22.8 Å². The Bertz CT molecular complexity index is 737. The summed E-state index contributed by atoms with van der Waals surface area (Å²) >= 11 is 3.33. The zero-order valence-electron chi connectivity index (χ0n) is 11.5. The number of carbonyl (C=O) groups excluding carboxylic acids is 1. The molecule has 116 valence electrons. The Hall–Kier alpha value is -1.63. The maximum atomic E-state index is 13.4. The van der Waals surface area contributed by atoms with Crippen LogP contribution in [0.25, 0.3) is 11.4 Å². The van der Waals surface area contributed by atoms with Gasteiger partial charge < -0.3 is 4.57 Å². The molecule has 1 aromatic carbocycles. The Kier molecular flexibility index (Phi) is 3.84. The van der Waals surface area contributed by atoms with E-state index in [1.807, 2.05) is 4.57 Å². The van der Waals surface area contributed by atoms with Crippen LogP contribution in [0.3, 0.4) is 0 Å². The molecule has 2 heterocycles. The van der Waals surface area contributed by atoms with Gasteiger partial charge in [-0.3, -0.25) is 4.79 Å². The van der Waals surface area contributed by atoms with E-state index in [-0.39, 0.29) is 23.2 Å². The van der Waals surface area contributed by atoms with Crippen molar-refractivity contribution in [2.24, 2.45) is 0 Å². The molecule has 0 radical (unpaired) electrons. The number of imidazole rings is 1. The lowest BCUT2D eigenvalue weighted by Gasteiger charge is -2.19. The summed E-state index contributed by atoms with van der Waals surface area (Å²) in [5.74, 6) is 0.262. The van der Waals surface area contributed by atoms with Crippen molar-refractivity contribution in [1.29, 1.82) is 0 Å². The average Bonchev–Trinajstić information content (AvgIpc) is 2.83. The average molecular weight is 373 g/mol. The van der Waals surface area contributed by atoms with Gasteiger partial charge in [-0.25, -0.2) is 4.98 Å². The fourth-order valence-corrected chi connectivity index (χ4v) is 3.46. The minimum atomic E-state index is -4.61. The predicted molar refractivity (Wildman–Crippen MR) is 78.7 cm³/mol. The first-order valence-corrected chi connectivity index (χ1v) is 7.63. The smallest absolute Gasteiger partial charge is 0.327 e. The van der Waals surface area contributed by atoms with E-state index >= 15 is 0 Å². The molecule has 0 atom stereocenters. The number of aromatic nitrogens is 2. The van der Waals surface area contributed by atoms with Crippen LogP contribution in [0.1, 0.15) is 34.5 Å². The molecule has 22 heavy (non-hydrogen) atoms. The molecule has 0 aliphatic carbocycles. The number of carbonyl (C=O) groups is 1. The van der Waals surface area contributed by atoms with Gasteiger partial charge in [0.2, 0.25) is 0 Å². The highest BCUT2D eigenvalue weighted by Gasteiger charge is 2.38. The van der Waals surface area contributed by atoms with Gasteiger partial charge in [-0.1, -0.05) is 18.2 Å². The van der Waals surface area contributed by atoms with Crippen molar-refractivity contribution in [2.45, 2.75) is 32.0 Å². The van der Waals surface area contributed by atoms with Crippen LogP contribution in [0.4, 0.5) is 13.2 Å². The molecule has 0 spiro atoms. The maximum Gasteiger partial charge on any atom is 0.417 e. The summed E-state index contributed by atoms with van der Waals surface area (Å²) in [7, 11) is 0. The van der Waals surface area contributed by atoms with Crippen LogP contribution < -0.4 is 0 Å². The topological polar surface area (TPSA) is 34.9 Å². The van der Waals surface area contributed by atoms with Gasteiger partial charge in [-0.15, -0.1) is 0 Å². The molecule has 1 aliphatic rings. The van der Waals surface area contributed by atoms with Gasteiger partial charge >= 0.3 is 6.18 Å². The van der Waals surface area contributed by atoms with Crippen molar-refractivity contribution < 1.29 is 18.0 Å². The summed E-state index contributed by atoms with van der Waals surface area (Å²) in [5.41, 5.74) is -0.429. The molecule has 3 rings (SSSR count). The number of nitrogens with zero attached hydrogens (tertiary/aromatic N) is 2. The van der Waals surface area contributed by atoms with Gasteiger partial charge in [-0.05, 0) is 35.2 Å². The van der Waals surface area contributed by atoms with Crippen LogP contribution in [-0.2, 0) is 19.1 Å². The summed E-state index contributed by atoms with van der Waals surface area (Å²) in [6.07, 6.45) is -1.70. The molecular formula is C15H12BrF3N2O. The number of hydrogen-bond donors (Lipinski definition) is 0. The third-order valence-corrected chi connectivity index (χ3v) is 4.45. The zero-order valence-corrected chi connectivity index (χ0v) is 13.0. The SMILES string of the molecule is O=Cc1cccc(-c2nc(Br)c3n2CCCC3)c1C(F)(F)F. The lowest BCUT2D eigenvalue weighted by atomic mass is 10.00. The molecule has 2 aromatic rings. The number of hydrogen-bond acceptors (Lipinski definition) is 2. The Morgan fingerprint density at radius 2 is 2.05 bits per heavy atom. The summed E-state index contributed by atoms with van der Waals surface area (Å²) < 4.78 is 42.6. The van der Waals surface area contributed by atoms with Gasteiger partial charge in [-0.2, -0.15) is 13.2 Å². The molecule has 1 aromatic heterocycles. The van der Waals surface area contributed by atoms with Gasteiger partial charge in [0, 0.05) is 17.7 Å². The highest BCUT2D eigenvalue weighted by Crippen LogP contribution is 2.40. The number of alkyl halides is 3. The Labute approximate surface area is 133 Å². The Morgan fingerprint density at radius 1 is 1.27 bits per heavy atom. The van der Waals surface area contributed by atoms with Crippen molar-refractivity contribution >= 4 is 22.2 Å². The highest BCUT2D eigenvalue weighted by molar-refractivity contribution is 9.10. The summed E-state index contributed by atoms with van der Waals surface area (Å²) in [6.45, 7) is 0.631. The molecule has 0 N–H and O–H groups in total. The number of benzene rings is 1. The molecule has 0 unspecified atom stereocenters. The molecule has 1 aliphatic heterocycles. The second-order valence-electron chi connectivity index (χ2n) is 5.17. The van der Waals surface area contributed by atoms with E-state index in [0.717, 1.165) is 25.0 Å². The molecular weight excluding hydrogens is 361 g/mol. The maximum absolute atomic E-state index is 13.4. The van der Waals surface area contributed by atoms with E-state index in [0.29, 0.717) is 11.1 Å². The predicted octanol–water partition coefficient (Wildman–Crippen LogP) is 4.48. The fourth-order valence-electron chi connectivity index (χ4n) is 2.88. The first kappa shape index (κ1) is 15.3. The lowest BCUT2D eigenvalue weighted by Crippen LogP contribution is -2.15. The minimum absolute atomic E-state index is 0.0500. The van der Waals surface area contributed by atoms with Crippen molar-refractivity contribution in [2.75, 3.05) is 0 Å². The number of rotatable bonds is 2. The first-order valence-electron chi connectivity index (χ1n) is 6.84. The highest BCUT2D eigenvalue weighted by atomic mass is 79.9. The van der Waals surface area contributed by atoms with Gasteiger partial charge in [0.05, 0.1) is 11.3 Å². The summed E-state index contributed by atoms with van der Waals surface area (Å²) in [5, 5.41) is 0. The van der Waals surface area contributed by atoms with Crippen molar-refractivity contribution in [3.63, 3.8) is 0 Å². The molecule has 3 nitrogen and oxygen atoms in total. The van der Waals surface area contributed by atoms with E-state index in [1.165, 1.54) is 18.2 Å². The van der Waals surface area contributed by atoms with E-state index in [9.17, 15) is 18.0 Å². The second-order valence-corrected chi connectivity index (χ2v) is 5.92. The third-order valence-electron chi connectivity index (χ3n) is 3.82. The van der Waals surface area contributed by atoms with Gasteiger partial charge in [0.15, 0.2) is 6.29 Å². The molecule has 0 bridgehead atoms. The monoisotopic (exact) mass is 372 g/mol. The second kappa shape index (κ2) is 5.53. The fraction of sp³-hybridized carbons (Fsp3) is 0.333. The summed E-state index contributed by atoms with van der Waals surface area (Å²) in [4.78, 5) is 15.3. The molecule has 0 saturated carbocycles.